The summed E-state index contributed by atoms with van der Waals surface area (Å²) in [6.45, 7) is 1.68. The predicted molar refractivity (Wildman–Crippen MR) is 101 cm³/mol. The van der Waals surface area contributed by atoms with Crippen molar-refractivity contribution < 1.29 is 37.0 Å². The molecule has 9 nitrogen and oxygen atoms in total. The van der Waals surface area contributed by atoms with Crippen LogP contribution in [0, 0.1) is 0 Å². The number of urea groups is 1. The normalized spacial score (nSPS) is 14.1. The highest BCUT2D eigenvalue weighted by atomic mass is 19.4. The topological polar surface area (TPSA) is 101 Å². The van der Waals surface area contributed by atoms with Crippen molar-refractivity contribution in [3.05, 3.63) is 48.2 Å². The Morgan fingerprint density at radius 1 is 1.19 bits per heavy atom. The van der Waals surface area contributed by atoms with Gasteiger partial charge in [0.2, 0.25) is 0 Å². The van der Waals surface area contributed by atoms with Gasteiger partial charge in [0.25, 0.3) is 5.91 Å². The van der Waals surface area contributed by atoms with Crippen molar-refractivity contribution in [2.24, 2.45) is 0 Å². The lowest BCUT2D eigenvalue weighted by Gasteiger charge is -2.18. The van der Waals surface area contributed by atoms with E-state index in [0.717, 1.165) is 17.0 Å². The zero-order valence-electron chi connectivity index (χ0n) is 16.2. The smallest absolute Gasteiger partial charge is 0.450 e. The molecule has 12 heteroatoms. The second kappa shape index (κ2) is 8.90. The number of amides is 4. The Morgan fingerprint density at radius 3 is 2.55 bits per heavy atom. The summed E-state index contributed by atoms with van der Waals surface area (Å²) in [6, 6.07) is 6.92. The van der Waals surface area contributed by atoms with E-state index < -0.39 is 30.1 Å². The molecule has 1 N–H and O–H groups in total. The van der Waals surface area contributed by atoms with Gasteiger partial charge in [0.15, 0.2) is 0 Å². The number of benzene rings is 1. The number of ether oxygens (including phenoxy) is 2. The Kier molecular flexibility index (Phi) is 6.28. The van der Waals surface area contributed by atoms with Crippen LogP contribution in [0.5, 0.6) is 5.75 Å². The Bertz CT molecular complexity index is 981. The van der Waals surface area contributed by atoms with Gasteiger partial charge in [-0.05, 0) is 48.9 Å². The average molecular weight is 438 g/mol. The maximum absolute atomic E-state index is 12.7. The van der Waals surface area contributed by atoms with Gasteiger partial charge in [-0.15, -0.1) is 13.2 Å². The van der Waals surface area contributed by atoms with Crippen molar-refractivity contribution in [1.29, 1.82) is 0 Å². The molecule has 4 amide bonds. The number of nitrogens with one attached hydrogen (secondary N) is 1. The number of alkyl halides is 3. The monoisotopic (exact) mass is 438 g/mol. The second-order valence-electron chi connectivity index (χ2n) is 6.30. The number of anilines is 2. The minimum atomic E-state index is -4.84. The molecular formula is C19H17F3N4O5. The molecule has 0 unspecified atom stereocenters. The number of nitrogens with zero attached hydrogens (tertiary/aromatic N) is 3. The number of aromatic nitrogens is 1. The SMILES string of the molecule is CCOC(=O)Nc1cc(CN2CC(=O)N(c3ccc(OC(F)(F)F)cc3)C2=O)ccn1. The van der Waals surface area contributed by atoms with Gasteiger partial charge in [-0.3, -0.25) is 10.1 Å². The minimum Gasteiger partial charge on any atom is -0.450 e. The number of carbonyl (C=O) groups excluding carboxylic acids is 3. The zero-order valence-corrected chi connectivity index (χ0v) is 16.2. The van der Waals surface area contributed by atoms with Crippen LogP contribution in [0.1, 0.15) is 12.5 Å². The lowest BCUT2D eigenvalue weighted by molar-refractivity contribution is -0.274. The average Bonchev–Trinajstić information content (AvgIpc) is 2.95. The molecule has 3 rings (SSSR count). The van der Waals surface area contributed by atoms with E-state index in [1.54, 1.807) is 13.0 Å². The standard InChI is InChI=1S/C19H17F3N4O5/c1-2-30-17(28)24-15-9-12(7-8-23-15)10-25-11-16(27)26(18(25)29)13-3-5-14(6-4-13)31-19(20,21)22/h3-9H,2,10-11H2,1H3,(H,23,24,28). The highest BCUT2D eigenvalue weighted by molar-refractivity contribution is 6.19. The molecule has 1 aliphatic heterocycles. The van der Waals surface area contributed by atoms with E-state index in [1.807, 2.05) is 0 Å². The fraction of sp³-hybridized carbons (Fsp3) is 0.263. The highest BCUT2D eigenvalue weighted by Gasteiger charge is 2.37. The van der Waals surface area contributed by atoms with Crippen molar-refractivity contribution >= 4 is 29.5 Å². The Labute approximate surface area is 174 Å². The predicted octanol–water partition coefficient (Wildman–Crippen LogP) is 3.52. The summed E-state index contributed by atoms with van der Waals surface area (Å²) < 4.78 is 45.4. The van der Waals surface area contributed by atoms with Gasteiger partial charge in [0.05, 0.1) is 12.3 Å². The molecule has 0 atom stereocenters. The largest absolute Gasteiger partial charge is 0.573 e. The molecule has 1 saturated heterocycles. The maximum Gasteiger partial charge on any atom is 0.573 e. The molecule has 31 heavy (non-hydrogen) atoms. The molecule has 0 radical (unpaired) electrons. The van der Waals surface area contributed by atoms with Crippen molar-refractivity contribution in [3.8, 4) is 5.75 Å². The van der Waals surface area contributed by atoms with Gasteiger partial charge in [0.1, 0.15) is 18.1 Å². The lowest BCUT2D eigenvalue weighted by Crippen LogP contribution is -2.32. The van der Waals surface area contributed by atoms with Crippen LogP contribution in [0.15, 0.2) is 42.6 Å². The van der Waals surface area contributed by atoms with Gasteiger partial charge < -0.3 is 14.4 Å². The van der Waals surface area contributed by atoms with Crippen LogP contribution < -0.4 is 15.0 Å². The first kappa shape index (κ1) is 21.9. The number of pyridine rings is 1. The molecule has 0 spiro atoms. The highest BCUT2D eigenvalue weighted by Crippen LogP contribution is 2.28. The van der Waals surface area contributed by atoms with Gasteiger partial charge in [-0.2, -0.15) is 0 Å². The molecule has 0 aliphatic carbocycles. The van der Waals surface area contributed by atoms with E-state index >= 15 is 0 Å². The molecule has 164 valence electrons. The van der Waals surface area contributed by atoms with Crippen molar-refractivity contribution in [2.45, 2.75) is 19.8 Å². The van der Waals surface area contributed by atoms with Crippen molar-refractivity contribution in [1.82, 2.24) is 9.88 Å². The fourth-order valence-electron chi connectivity index (χ4n) is 2.86. The number of rotatable bonds is 6. The third kappa shape index (κ3) is 5.62. The van der Waals surface area contributed by atoms with Crippen molar-refractivity contribution in [3.63, 3.8) is 0 Å². The molecule has 1 aromatic carbocycles. The molecule has 1 fully saturated rings. The lowest BCUT2D eigenvalue weighted by atomic mass is 10.2. The number of imide groups is 1. The Hall–Kier alpha value is -3.83. The maximum atomic E-state index is 12.7. The second-order valence-corrected chi connectivity index (χ2v) is 6.30. The van der Waals surface area contributed by atoms with Crippen LogP contribution in [0.2, 0.25) is 0 Å². The molecule has 0 bridgehead atoms. The van der Waals surface area contributed by atoms with E-state index in [2.05, 4.69) is 15.0 Å². The van der Waals surface area contributed by atoms with Crippen LogP contribution in [-0.4, -0.2) is 47.4 Å². The van der Waals surface area contributed by atoms with E-state index in [4.69, 9.17) is 4.74 Å². The molecule has 2 heterocycles. The summed E-state index contributed by atoms with van der Waals surface area (Å²) in [4.78, 5) is 42.7. The Morgan fingerprint density at radius 2 is 1.90 bits per heavy atom. The molecule has 1 aliphatic rings. The Balaban J connectivity index is 1.69. The summed E-state index contributed by atoms with van der Waals surface area (Å²) in [5, 5.41) is 2.44. The van der Waals surface area contributed by atoms with Crippen LogP contribution >= 0.6 is 0 Å². The first-order valence-electron chi connectivity index (χ1n) is 9.02. The molecule has 2 aromatic rings. The van der Waals surface area contributed by atoms with E-state index in [-0.39, 0.29) is 31.2 Å². The third-order valence-electron chi connectivity index (χ3n) is 4.07. The molecule has 0 saturated carbocycles. The zero-order chi connectivity index (χ0) is 22.6. The van der Waals surface area contributed by atoms with Crippen LogP contribution in [0.4, 0.5) is 34.3 Å². The summed E-state index contributed by atoms with van der Waals surface area (Å²) in [5.74, 6) is -0.787. The van der Waals surface area contributed by atoms with E-state index in [0.29, 0.717) is 5.56 Å². The van der Waals surface area contributed by atoms with Crippen LogP contribution in [0.3, 0.4) is 0 Å². The number of hydrogen-bond acceptors (Lipinski definition) is 6. The van der Waals surface area contributed by atoms with E-state index in [1.165, 1.54) is 29.3 Å². The summed E-state index contributed by atoms with van der Waals surface area (Å²) in [5.41, 5.74) is 0.713. The first-order chi connectivity index (χ1) is 14.7. The third-order valence-corrected chi connectivity index (χ3v) is 4.07. The minimum absolute atomic E-state index is 0.0520. The first-order valence-corrected chi connectivity index (χ1v) is 9.02. The van der Waals surface area contributed by atoms with Gasteiger partial charge in [0, 0.05) is 12.7 Å². The van der Waals surface area contributed by atoms with Gasteiger partial charge >= 0.3 is 18.5 Å². The number of hydrogen-bond donors (Lipinski definition) is 1. The van der Waals surface area contributed by atoms with Gasteiger partial charge in [-0.25, -0.2) is 19.5 Å². The quantitative estimate of drug-likeness (QED) is 0.693. The van der Waals surface area contributed by atoms with Crippen LogP contribution in [0.25, 0.3) is 0 Å². The van der Waals surface area contributed by atoms with Gasteiger partial charge in [-0.1, -0.05) is 0 Å². The summed E-state index contributed by atoms with van der Waals surface area (Å²) in [6.07, 6.45) is -4.09. The molecule has 1 aromatic heterocycles. The van der Waals surface area contributed by atoms with Crippen LogP contribution in [-0.2, 0) is 16.1 Å². The summed E-state index contributed by atoms with van der Waals surface area (Å²) >= 11 is 0. The number of carbonyl (C=O) groups is 3. The van der Waals surface area contributed by atoms with Crippen molar-refractivity contribution in [2.75, 3.05) is 23.4 Å². The fourth-order valence-corrected chi connectivity index (χ4v) is 2.86. The van der Waals surface area contributed by atoms with E-state index in [9.17, 15) is 27.6 Å². The molecular weight excluding hydrogens is 421 g/mol. The number of halogens is 3. The summed E-state index contributed by atoms with van der Waals surface area (Å²) in [7, 11) is 0.